The van der Waals surface area contributed by atoms with Gasteiger partial charge in [0.15, 0.2) is 0 Å². The van der Waals surface area contributed by atoms with Gasteiger partial charge in [0, 0.05) is 12.3 Å². The van der Waals surface area contributed by atoms with Crippen LogP contribution in [-0.2, 0) is 4.79 Å². The van der Waals surface area contributed by atoms with E-state index in [1.54, 1.807) is 11.9 Å². The van der Waals surface area contributed by atoms with Crippen molar-refractivity contribution >= 4 is 5.78 Å². The first-order chi connectivity index (χ1) is 5.92. The molecule has 0 spiro atoms. The van der Waals surface area contributed by atoms with E-state index >= 15 is 0 Å². The Morgan fingerprint density at radius 2 is 2.23 bits per heavy atom. The number of ketones is 1. The lowest BCUT2D eigenvalue weighted by atomic mass is 9.89. The molecule has 1 unspecified atom stereocenters. The van der Waals surface area contributed by atoms with E-state index in [0.29, 0.717) is 13.0 Å². The predicted molar refractivity (Wildman–Crippen MR) is 45.8 cm³/mol. The van der Waals surface area contributed by atoms with Crippen LogP contribution in [0.25, 0.3) is 0 Å². The molecule has 0 aromatic carbocycles. The Morgan fingerprint density at radius 3 is 2.69 bits per heavy atom. The molecule has 4 heteroatoms. The molecule has 1 atom stereocenters. The summed E-state index contributed by atoms with van der Waals surface area (Å²) in [6.45, 7) is 1.81. The largest absolute Gasteiger partial charge is 0.301 e. The van der Waals surface area contributed by atoms with Gasteiger partial charge in [-0.2, -0.15) is 0 Å². The number of nitrogens with zero attached hydrogens (tertiary/aromatic N) is 1. The molecular formula is C9H15F2NO. The minimum Gasteiger partial charge on any atom is -0.301 e. The van der Waals surface area contributed by atoms with E-state index < -0.39 is 11.8 Å². The number of carbonyl (C=O) groups excluding carboxylic acids is 1. The van der Waals surface area contributed by atoms with Crippen LogP contribution in [0.4, 0.5) is 8.78 Å². The second kappa shape index (κ2) is 3.70. The summed E-state index contributed by atoms with van der Waals surface area (Å²) in [5.41, 5.74) is 0. The summed E-state index contributed by atoms with van der Waals surface area (Å²) in [4.78, 5) is 12.3. The molecule has 1 fully saturated rings. The van der Waals surface area contributed by atoms with Crippen molar-refractivity contribution in [3.05, 3.63) is 0 Å². The van der Waals surface area contributed by atoms with E-state index in [9.17, 15) is 13.6 Å². The van der Waals surface area contributed by atoms with E-state index in [2.05, 4.69) is 0 Å². The normalized spacial score (nSPS) is 28.8. The van der Waals surface area contributed by atoms with Crippen LogP contribution in [0.1, 0.15) is 19.8 Å². The van der Waals surface area contributed by atoms with Gasteiger partial charge in [-0.1, -0.05) is 0 Å². The van der Waals surface area contributed by atoms with Crippen LogP contribution in [-0.4, -0.2) is 36.7 Å². The van der Waals surface area contributed by atoms with Gasteiger partial charge in [0.05, 0.1) is 6.54 Å². The summed E-state index contributed by atoms with van der Waals surface area (Å²) >= 11 is 0. The average Bonchev–Trinajstić information content (AvgIpc) is 1.93. The summed E-state index contributed by atoms with van der Waals surface area (Å²) < 4.78 is 26.6. The molecule has 0 amide bonds. The Labute approximate surface area is 76.9 Å². The maximum Gasteiger partial charge on any atom is 0.263 e. The number of hydrogen-bond donors (Lipinski definition) is 0. The maximum absolute atomic E-state index is 13.3. The van der Waals surface area contributed by atoms with Gasteiger partial charge in [0.25, 0.3) is 5.92 Å². The van der Waals surface area contributed by atoms with Gasteiger partial charge in [-0.25, -0.2) is 8.78 Å². The lowest BCUT2D eigenvalue weighted by molar-refractivity contribution is -0.131. The zero-order chi connectivity index (χ0) is 10.1. The highest BCUT2D eigenvalue weighted by atomic mass is 19.3. The zero-order valence-corrected chi connectivity index (χ0v) is 8.02. The van der Waals surface area contributed by atoms with Gasteiger partial charge < -0.3 is 9.69 Å². The van der Waals surface area contributed by atoms with E-state index in [0.717, 1.165) is 0 Å². The van der Waals surface area contributed by atoms with Crippen molar-refractivity contribution in [2.45, 2.75) is 25.7 Å². The first-order valence-electron chi connectivity index (χ1n) is 4.47. The molecule has 0 aromatic heterocycles. The fourth-order valence-electron chi connectivity index (χ4n) is 1.75. The Kier molecular flexibility index (Phi) is 3.01. The van der Waals surface area contributed by atoms with E-state index in [1.165, 1.54) is 6.92 Å². The van der Waals surface area contributed by atoms with Gasteiger partial charge >= 0.3 is 0 Å². The quantitative estimate of drug-likeness (QED) is 0.660. The number of Topliss-reactive ketones (excluding diaryl/α,β-unsaturated/α-hetero) is 1. The van der Waals surface area contributed by atoms with Crippen molar-refractivity contribution < 1.29 is 13.6 Å². The van der Waals surface area contributed by atoms with Crippen molar-refractivity contribution in [2.24, 2.45) is 5.92 Å². The molecule has 1 saturated heterocycles. The second-order valence-corrected chi connectivity index (χ2v) is 3.89. The van der Waals surface area contributed by atoms with E-state index in [-0.39, 0.29) is 18.7 Å². The fourth-order valence-corrected chi connectivity index (χ4v) is 1.75. The third-order valence-corrected chi connectivity index (χ3v) is 2.47. The summed E-state index contributed by atoms with van der Waals surface area (Å²) in [6.07, 6.45) is 0.434. The maximum atomic E-state index is 13.3. The number of likely N-dealkylation sites (tertiary alicyclic amines) is 1. The van der Waals surface area contributed by atoms with Gasteiger partial charge in [-0.15, -0.1) is 0 Å². The Balaban J connectivity index is 2.59. The lowest BCUT2D eigenvalue weighted by Gasteiger charge is -2.36. The minimum absolute atomic E-state index is 0.0147. The summed E-state index contributed by atoms with van der Waals surface area (Å²) in [5, 5.41) is 0. The van der Waals surface area contributed by atoms with Crippen LogP contribution in [0.5, 0.6) is 0 Å². The van der Waals surface area contributed by atoms with E-state index in [1.807, 2.05) is 0 Å². The molecule has 1 heterocycles. The first-order valence-corrected chi connectivity index (χ1v) is 4.47. The van der Waals surface area contributed by atoms with E-state index in [4.69, 9.17) is 0 Å². The van der Waals surface area contributed by atoms with Crippen molar-refractivity contribution in [2.75, 3.05) is 20.1 Å². The molecule has 13 heavy (non-hydrogen) atoms. The predicted octanol–water partition coefficient (Wildman–Crippen LogP) is 1.55. The second-order valence-electron chi connectivity index (χ2n) is 3.89. The fraction of sp³-hybridized carbons (Fsp3) is 0.889. The molecule has 2 nitrogen and oxygen atoms in total. The van der Waals surface area contributed by atoms with Gasteiger partial charge in [0.1, 0.15) is 5.78 Å². The average molecular weight is 191 g/mol. The molecular weight excluding hydrogens is 176 g/mol. The molecule has 0 saturated carbocycles. The number of alkyl halides is 2. The van der Waals surface area contributed by atoms with Crippen LogP contribution in [0.3, 0.4) is 0 Å². The van der Waals surface area contributed by atoms with Crippen LogP contribution in [0.15, 0.2) is 0 Å². The monoisotopic (exact) mass is 191 g/mol. The van der Waals surface area contributed by atoms with Gasteiger partial charge in [-0.3, -0.25) is 0 Å². The highest BCUT2D eigenvalue weighted by Gasteiger charge is 2.43. The molecule has 1 aliphatic heterocycles. The van der Waals surface area contributed by atoms with Crippen molar-refractivity contribution in [3.8, 4) is 0 Å². The van der Waals surface area contributed by atoms with Crippen molar-refractivity contribution in [1.29, 1.82) is 0 Å². The smallest absolute Gasteiger partial charge is 0.263 e. The molecule has 0 bridgehead atoms. The topological polar surface area (TPSA) is 20.3 Å². The number of rotatable bonds is 2. The Morgan fingerprint density at radius 1 is 1.62 bits per heavy atom. The van der Waals surface area contributed by atoms with Gasteiger partial charge in [0.2, 0.25) is 0 Å². The standard InChI is InChI=1S/C9H15F2NO/c1-7(13)5-8-3-4-12(2)6-9(8,10)11/h8H,3-6H2,1-2H3. The third kappa shape index (κ3) is 2.72. The minimum atomic E-state index is -2.70. The highest BCUT2D eigenvalue weighted by Crippen LogP contribution is 2.34. The molecule has 0 N–H and O–H groups in total. The van der Waals surface area contributed by atoms with Crippen LogP contribution >= 0.6 is 0 Å². The van der Waals surface area contributed by atoms with Crippen LogP contribution in [0, 0.1) is 5.92 Å². The summed E-state index contributed by atoms with van der Waals surface area (Å²) in [5.74, 6) is -3.59. The molecule has 0 aliphatic carbocycles. The molecule has 1 rings (SSSR count). The SMILES string of the molecule is CC(=O)CC1CCN(C)CC1(F)F. The van der Waals surface area contributed by atoms with Gasteiger partial charge in [-0.05, 0) is 26.9 Å². The summed E-state index contributed by atoms with van der Waals surface area (Å²) in [7, 11) is 1.68. The van der Waals surface area contributed by atoms with Crippen LogP contribution in [0.2, 0.25) is 0 Å². The molecule has 0 radical (unpaired) electrons. The molecule has 1 aliphatic rings. The zero-order valence-electron chi connectivity index (χ0n) is 8.02. The summed E-state index contributed by atoms with van der Waals surface area (Å²) in [6, 6.07) is 0. The molecule has 76 valence electrons. The molecule has 0 aromatic rings. The van der Waals surface area contributed by atoms with Crippen molar-refractivity contribution in [3.63, 3.8) is 0 Å². The Hall–Kier alpha value is -0.510. The van der Waals surface area contributed by atoms with Crippen LogP contribution < -0.4 is 0 Å². The Bertz CT molecular complexity index is 206. The number of halogens is 2. The highest BCUT2D eigenvalue weighted by molar-refractivity contribution is 5.75. The number of hydrogen-bond acceptors (Lipinski definition) is 2. The number of carbonyl (C=O) groups is 1. The lowest BCUT2D eigenvalue weighted by Crippen LogP contribution is -2.47. The number of piperidine rings is 1. The third-order valence-electron chi connectivity index (χ3n) is 2.47. The first kappa shape index (κ1) is 10.6. The van der Waals surface area contributed by atoms with Crippen molar-refractivity contribution in [1.82, 2.24) is 4.90 Å².